The van der Waals surface area contributed by atoms with Crippen molar-refractivity contribution in [2.75, 3.05) is 13.2 Å². The van der Waals surface area contributed by atoms with Crippen molar-refractivity contribution < 1.29 is 28.6 Å². The number of carbonyl (C=O) groups excluding carboxylic acids is 3. The van der Waals surface area contributed by atoms with Crippen LogP contribution in [0.1, 0.15) is 303 Å². The average molecular weight is 1040 g/mol. The van der Waals surface area contributed by atoms with Crippen molar-refractivity contribution in [2.24, 2.45) is 0 Å². The molecule has 0 amide bonds. The van der Waals surface area contributed by atoms with Crippen molar-refractivity contribution >= 4 is 17.9 Å². The third-order valence-corrected chi connectivity index (χ3v) is 13.6. The minimum atomic E-state index is -0.804. The van der Waals surface area contributed by atoms with Gasteiger partial charge in [-0.2, -0.15) is 0 Å². The van der Waals surface area contributed by atoms with Gasteiger partial charge in [0.25, 0.3) is 0 Å². The van der Waals surface area contributed by atoms with Gasteiger partial charge in [-0.25, -0.2) is 0 Å². The van der Waals surface area contributed by atoms with Gasteiger partial charge >= 0.3 is 17.9 Å². The molecule has 1 atom stereocenters. The van der Waals surface area contributed by atoms with Crippen LogP contribution >= 0.6 is 0 Å². The van der Waals surface area contributed by atoms with Gasteiger partial charge in [-0.05, 0) is 116 Å². The fraction of sp³-hybridized carbons (Fsp3) is 0.725. The van der Waals surface area contributed by atoms with Crippen molar-refractivity contribution in [3.8, 4) is 0 Å². The fourth-order valence-electron chi connectivity index (χ4n) is 8.86. The van der Waals surface area contributed by atoms with E-state index in [0.29, 0.717) is 12.8 Å². The Balaban J connectivity index is 4.16. The molecule has 0 rings (SSSR count). The maximum atomic E-state index is 12.8. The van der Waals surface area contributed by atoms with E-state index in [0.717, 1.165) is 116 Å². The van der Waals surface area contributed by atoms with Crippen molar-refractivity contribution in [1.29, 1.82) is 0 Å². The first-order valence-corrected chi connectivity index (χ1v) is 31.7. The highest BCUT2D eigenvalue weighted by Gasteiger charge is 2.19. The van der Waals surface area contributed by atoms with Crippen molar-refractivity contribution in [3.63, 3.8) is 0 Å². The summed E-state index contributed by atoms with van der Waals surface area (Å²) < 4.78 is 16.8. The van der Waals surface area contributed by atoms with Crippen LogP contribution in [0.25, 0.3) is 0 Å². The Labute approximate surface area is 464 Å². The smallest absolute Gasteiger partial charge is 0.306 e. The molecule has 6 heteroatoms. The van der Waals surface area contributed by atoms with Gasteiger partial charge in [-0.3, -0.25) is 14.4 Å². The van der Waals surface area contributed by atoms with Gasteiger partial charge in [0.15, 0.2) is 6.10 Å². The van der Waals surface area contributed by atoms with Gasteiger partial charge in [0, 0.05) is 19.3 Å². The number of unbranched alkanes of at least 4 members (excludes halogenated alkanes) is 30. The molecule has 430 valence electrons. The van der Waals surface area contributed by atoms with E-state index >= 15 is 0 Å². The van der Waals surface area contributed by atoms with E-state index in [1.807, 2.05) is 0 Å². The summed E-state index contributed by atoms with van der Waals surface area (Å²) in [5.74, 6) is -0.952. The predicted molar refractivity (Wildman–Crippen MR) is 325 cm³/mol. The van der Waals surface area contributed by atoms with Gasteiger partial charge in [0.2, 0.25) is 0 Å². The summed E-state index contributed by atoms with van der Waals surface area (Å²) in [6.45, 7) is 6.37. The highest BCUT2D eigenvalue weighted by molar-refractivity contribution is 5.71. The second kappa shape index (κ2) is 62.9. The number of hydrogen-bond acceptors (Lipinski definition) is 6. The zero-order chi connectivity index (χ0) is 54.3. The Bertz CT molecular complexity index is 1480. The summed E-state index contributed by atoms with van der Waals surface area (Å²) in [6, 6.07) is 0. The van der Waals surface area contributed by atoms with Crippen LogP contribution in [0.3, 0.4) is 0 Å². The van der Waals surface area contributed by atoms with Gasteiger partial charge < -0.3 is 14.2 Å². The molecule has 0 heterocycles. The number of ether oxygens (including phenoxy) is 3. The molecule has 75 heavy (non-hydrogen) atoms. The van der Waals surface area contributed by atoms with Gasteiger partial charge in [-0.1, -0.05) is 266 Å². The molecule has 0 N–H and O–H groups in total. The first-order chi connectivity index (χ1) is 37.0. The lowest BCUT2D eigenvalue weighted by Gasteiger charge is -2.18. The normalized spacial score (nSPS) is 12.7. The van der Waals surface area contributed by atoms with Crippen LogP contribution in [-0.4, -0.2) is 37.2 Å². The molecule has 0 aliphatic carbocycles. The maximum Gasteiger partial charge on any atom is 0.306 e. The molecule has 0 saturated heterocycles. The van der Waals surface area contributed by atoms with Gasteiger partial charge in [0.05, 0.1) is 0 Å². The van der Waals surface area contributed by atoms with Crippen LogP contribution in [0, 0.1) is 0 Å². The topological polar surface area (TPSA) is 78.9 Å². The highest BCUT2D eigenvalue weighted by Crippen LogP contribution is 2.17. The number of carbonyl (C=O) groups is 3. The molecule has 0 aliphatic heterocycles. The van der Waals surface area contributed by atoms with Gasteiger partial charge in [0.1, 0.15) is 13.2 Å². The Morgan fingerprint density at radius 2 is 0.520 bits per heavy atom. The molecule has 0 aromatic carbocycles. The van der Waals surface area contributed by atoms with Crippen LogP contribution in [0.15, 0.2) is 97.2 Å². The zero-order valence-corrected chi connectivity index (χ0v) is 49.3. The largest absolute Gasteiger partial charge is 0.462 e. The summed E-state index contributed by atoms with van der Waals surface area (Å²) in [6.07, 6.45) is 84.5. The summed E-state index contributed by atoms with van der Waals surface area (Å²) >= 11 is 0. The quantitative estimate of drug-likeness (QED) is 0.0261. The molecule has 6 nitrogen and oxygen atoms in total. The molecule has 1 unspecified atom stereocenters. The van der Waals surface area contributed by atoms with E-state index in [4.69, 9.17) is 14.2 Å². The number of allylic oxidation sites excluding steroid dienone is 16. The highest BCUT2D eigenvalue weighted by atomic mass is 16.6. The van der Waals surface area contributed by atoms with Crippen LogP contribution in [0.4, 0.5) is 0 Å². The van der Waals surface area contributed by atoms with Gasteiger partial charge in [-0.15, -0.1) is 0 Å². The second-order valence-corrected chi connectivity index (χ2v) is 20.9. The summed E-state index contributed by atoms with van der Waals surface area (Å²) in [4.78, 5) is 38.1. The third-order valence-electron chi connectivity index (χ3n) is 13.6. The fourth-order valence-corrected chi connectivity index (χ4v) is 8.86. The van der Waals surface area contributed by atoms with Crippen LogP contribution in [0.5, 0.6) is 0 Å². The van der Waals surface area contributed by atoms with E-state index < -0.39 is 6.10 Å². The molecule has 0 bridgehead atoms. The van der Waals surface area contributed by atoms with Crippen LogP contribution in [-0.2, 0) is 28.6 Å². The molecular weight excluding hydrogens is 925 g/mol. The maximum absolute atomic E-state index is 12.8. The standard InChI is InChI=1S/C69H118O6/c1-4-7-10-13-16-19-22-25-26-27-28-29-30-31-32-33-34-35-36-37-38-39-40-41-42-45-47-50-53-56-59-62-68(71)74-65-66(75-69(72)63-60-57-54-51-48-44-24-21-18-15-12-9-6-3)64-73-67(70)61-58-55-52-49-46-43-23-20-17-14-11-8-5-2/h8-9,11-12,17-18,20-22,25,27-28,43-44,46,48,66H,4-7,10,13-16,19,23-24,26,29-42,45,47,49-65H2,1-3H3/b11-8-,12-9-,20-17-,21-18-,25-22-,28-27-,46-43-,48-44-. The zero-order valence-electron chi connectivity index (χ0n) is 49.3. The minimum Gasteiger partial charge on any atom is -0.462 e. The Morgan fingerprint density at radius 1 is 0.280 bits per heavy atom. The molecule has 0 fully saturated rings. The number of esters is 3. The predicted octanol–water partition coefficient (Wildman–Crippen LogP) is 21.7. The second-order valence-electron chi connectivity index (χ2n) is 20.9. The SMILES string of the molecule is CC/C=C\C/C=C\C/C=C\CCCCCC(=O)OCC(COC(=O)CCCCCCCCCCCCCCCCCCCCC/C=C\C/C=C\CCCCCCC)OC(=O)CCCCC/C=C\C/C=C\C/C=C\CC. The van der Waals surface area contributed by atoms with E-state index in [-0.39, 0.29) is 37.5 Å². The van der Waals surface area contributed by atoms with Crippen LogP contribution in [0.2, 0.25) is 0 Å². The monoisotopic (exact) mass is 1040 g/mol. The third kappa shape index (κ3) is 61.1. The summed E-state index contributed by atoms with van der Waals surface area (Å²) in [5.41, 5.74) is 0. The molecule has 0 saturated carbocycles. The Hall–Kier alpha value is -3.67. The lowest BCUT2D eigenvalue weighted by atomic mass is 10.0. The number of rotatable bonds is 57. The summed E-state index contributed by atoms with van der Waals surface area (Å²) in [7, 11) is 0. The minimum absolute atomic E-state index is 0.0975. The lowest BCUT2D eigenvalue weighted by Crippen LogP contribution is -2.30. The Morgan fingerprint density at radius 3 is 0.827 bits per heavy atom. The van der Waals surface area contributed by atoms with E-state index in [1.54, 1.807) is 0 Å². The molecular formula is C69H118O6. The average Bonchev–Trinajstić information content (AvgIpc) is 3.41. The molecule has 0 radical (unpaired) electrons. The first kappa shape index (κ1) is 71.3. The molecule has 0 aromatic rings. The van der Waals surface area contributed by atoms with Crippen molar-refractivity contribution in [3.05, 3.63) is 97.2 Å². The van der Waals surface area contributed by atoms with Crippen molar-refractivity contribution in [2.45, 2.75) is 309 Å². The molecule has 0 spiro atoms. The molecule has 0 aromatic heterocycles. The molecule has 0 aliphatic rings. The van der Waals surface area contributed by atoms with Crippen LogP contribution < -0.4 is 0 Å². The Kier molecular flexibility index (Phi) is 59.8. The lowest BCUT2D eigenvalue weighted by molar-refractivity contribution is -0.167. The summed E-state index contributed by atoms with van der Waals surface area (Å²) in [5, 5.41) is 0. The van der Waals surface area contributed by atoms with E-state index in [1.165, 1.54) is 148 Å². The van der Waals surface area contributed by atoms with Crippen molar-refractivity contribution in [1.82, 2.24) is 0 Å². The van der Waals surface area contributed by atoms with E-state index in [2.05, 4.69) is 118 Å². The first-order valence-electron chi connectivity index (χ1n) is 31.7. The number of hydrogen-bond donors (Lipinski definition) is 0. The van der Waals surface area contributed by atoms with E-state index in [9.17, 15) is 14.4 Å².